The van der Waals surface area contributed by atoms with E-state index in [-0.39, 0.29) is 18.5 Å². The summed E-state index contributed by atoms with van der Waals surface area (Å²) in [6, 6.07) is 9.69. The third-order valence-corrected chi connectivity index (χ3v) is 4.19. The average Bonchev–Trinajstić information content (AvgIpc) is 2.77. The molecule has 2 rings (SSSR count). The van der Waals surface area contributed by atoms with E-state index in [0.717, 1.165) is 21.3 Å². The number of hydrogen-bond donors (Lipinski definition) is 2. The zero-order chi connectivity index (χ0) is 14.5. The van der Waals surface area contributed by atoms with Crippen molar-refractivity contribution in [3.63, 3.8) is 0 Å². The first-order valence-electron chi connectivity index (χ1n) is 6.58. The number of hydrogen-bond acceptors (Lipinski definition) is 4. The van der Waals surface area contributed by atoms with Crippen molar-refractivity contribution in [1.82, 2.24) is 10.3 Å². The molecule has 1 aromatic heterocycles. The molecule has 0 bridgehead atoms. The van der Waals surface area contributed by atoms with Crippen molar-refractivity contribution in [2.45, 2.75) is 26.8 Å². The van der Waals surface area contributed by atoms with E-state index in [1.807, 2.05) is 51.1 Å². The number of anilines is 1. The van der Waals surface area contributed by atoms with Crippen LogP contribution in [0.2, 0.25) is 0 Å². The number of amides is 1. The van der Waals surface area contributed by atoms with E-state index in [1.165, 1.54) is 0 Å². The third kappa shape index (κ3) is 3.81. The second kappa shape index (κ2) is 6.52. The SMILES string of the molecule is Cc1nc(C)c(C(C)NC(=O)CNc2ccccc2)s1. The second-order valence-corrected chi connectivity index (χ2v) is 5.93. The van der Waals surface area contributed by atoms with Crippen LogP contribution in [-0.2, 0) is 4.79 Å². The number of carbonyl (C=O) groups excluding carboxylic acids is 1. The lowest BCUT2D eigenvalue weighted by Gasteiger charge is -2.13. The molecule has 1 aromatic carbocycles. The van der Waals surface area contributed by atoms with Crippen LogP contribution >= 0.6 is 11.3 Å². The molecule has 5 heteroatoms. The van der Waals surface area contributed by atoms with Crippen LogP contribution in [0.1, 0.15) is 28.5 Å². The summed E-state index contributed by atoms with van der Waals surface area (Å²) in [5, 5.41) is 7.12. The van der Waals surface area contributed by atoms with Crippen molar-refractivity contribution in [2.75, 3.05) is 11.9 Å². The van der Waals surface area contributed by atoms with Crippen LogP contribution < -0.4 is 10.6 Å². The van der Waals surface area contributed by atoms with E-state index in [2.05, 4.69) is 15.6 Å². The fraction of sp³-hybridized carbons (Fsp3) is 0.333. The predicted molar refractivity (Wildman–Crippen MR) is 83.1 cm³/mol. The van der Waals surface area contributed by atoms with Gasteiger partial charge in [0.25, 0.3) is 0 Å². The maximum atomic E-state index is 11.9. The molecule has 2 N–H and O–H groups in total. The lowest BCUT2D eigenvalue weighted by atomic mass is 10.2. The highest BCUT2D eigenvalue weighted by atomic mass is 32.1. The van der Waals surface area contributed by atoms with Gasteiger partial charge >= 0.3 is 0 Å². The number of carbonyl (C=O) groups is 1. The van der Waals surface area contributed by atoms with Crippen molar-refractivity contribution in [3.05, 3.63) is 45.9 Å². The van der Waals surface area contributed by atoms with Crippen molar-refractivity contribution in [3.8, 4) is 0 Å². The molecule has 1 heterocycles. The van der Waals surface area contributed by atoms with Crippen molar-refractivity contribution in [2.24, 2.45) is 0 Å². The zero-order valence-corrected chi connectivity index (χ0v) is 12.8. The second-order valence-electron chi connectivity index (χ2n) is 4.69. The van der Waals surface area contributed by atoms with Crippen molar-refractivity contribution in [1.29, 1.82) is 0 Å². The molecule has 2 aromatic rings. The van der Waals surface area contributed by atoms with Crippen LogP contribution in [0.5, 0.6) is 0 Å². The van der Waals surface area contributed by atoms with E-state index < -0.39 is 0 Å². The van der Waals surface area contributed by atoms with Gasteiger partial charge in [0.1, 0.15) is 0 Å². The number of benzene rings is 1. The van der Waals surface area contributed by atoms with E-state index in [1.54, 1.807) is 11.3 Å². The lowest BCUT2D eigenvalue weighted by molar-refractivity contribution is -0.120. The molecule has 0 saturated carbocycles. The summed E-state index contributed by atoms with van der Waals surface area (Å²) < 4.78 is 0. The molecule has 0 radical (unpaired) electrons. The molecule has 106 valence electrons. The molecule has 0 aliphatic heterocycles. The topological polar surface area (TPSA) is 54.0 Å². The number of nitrogens with zero attached hydrogens (tertiary/aromatic N) is 1. The van der Waals surface area contributed by atoms with Gasteiger partial charge in [0.05, 0.1) is 23.3 Å². The Morgan fingerprint density at radius 2 is 2.00 bits per heavy atom. The average molecular weight is 289 g/mol. The van der Waals surface area contributed by atoms with Crippen molar-refractivity contribution < 1.29 is 4.79 Å². The van der Waals surface area contributed by atoms with E-state index in [0.29, 0.717) is 0 Å². The Hall–Kier alpha value is -1.88. The monoisotopic (exact) mass is 289 g/mol. The normalized spacial score (nSPS) is 11.9. The third-order valence-electron chi connectivity index (χ3n) is 2.94. The highest BCUT2D eigenvalue weighted by Crippen LogP contribution is 2.24. The Kier molecular flexibility index (Phi) is 4.74. The van der Waals surface area contributed by atoms with E-state index in [4.69, 9.17) is 0 Å². The minimum Gasteiger partial charge on any atom is -0.376 e. The summed E-state index contributed by atoms with van der Waals surface area (Å²) in [7, 11) is 0. The molecule has 20 heavy (non-hydrogen) atoms. The fourth-order valence-electron chi connectivity index (χ4n) is 2.05. The lowest BCUT2D eigenvalue weighted by Crippen LogP contribution is -2.32. The van der Waals surface area contributed by atoms with Gasteiger partial charge in [-0.2, -0.15) is 0 Å². The molecule has 0 fully saturated rings. The van der Waals surface area contributed by atoms with Gasteiger partial charge in [0, 0.05) is 10.6 Å². The largest absolute Gasteiger partial charge is 0.376 e. The first kappa shape index (κ1) is 14.5. The van der Waals surface area contributed by atoms with Gasteiger partial charge in [-0.1, -0.05) is 18.2 Å². The van der Waals surface area contributed by atoms with Gasteiger partial charge in [-0.3, -0.25) is 4.79 Å². The van der Waals surface area contributed by atoms with Crippen molar-refractivity contribution >= 4 is 22.9 Å². The first-order valence-corrected chi connectivity index (χ1v) is 7.40. The van der Waals surface area contributed by atoms with Crippen LogP contribution in [0.3, 0.4) is 0 Å². The Bertz CT molecular complexity index is 580. The van der Waals surface area contributed by atoms with Crippen LogP contribution in [-0.4, -0.2) is 17.4 Å². The zero-order valence-electron chi connectivity index (χ0n) is 11.9. The minimum absolute atomic E-state index is 0.00808. The van der Waals surface area contributed by atoms with Crippen LogP contribution in [0.15, 0.2) is 30.3 Å². The minimum atomic E-state index is -0.0215. The molecule has 0 spiro atoms. The van der Waals surface area contributed by atoms with E-state index in [9.17, 15) is 4.79 Å². The maximum Gasteiger partial charge on any atom is 0.239 e. The van der Waals surface area contributed by atoms with Gasteiger partial charge < -0.3 is 10.6 Å². The molecule has 1 atom stereocenters. The highest BCUT2D eigenvalue weighted by molar-refractivity contribution is 7.11. The fourth-order valence-corrected chi connectivity index (χ4v) is 2.98. The molecule has 0 saturated heterocycles. The van der Waals surface area contributed by atoms with Crippen LogP contribution in [0, 0.1) is 13.8 Å². The van der Waals surface area contributed by atoms with Gasteiger partial charge in [-0.25, -0.2) is 4.98 Å². The van der Waals surface area contributed by atoms with Crippen LogP contribution in [0.4, 0.5) is 5.69 Å². The Balaban J connectivity index is 1.87. The van der Waals surface area contributed by atoms with E-state index >= 15 is 0 Å². The number of aromatic nitrogens is 1. The van der Waals surface area contributed by atoms with Gasteiger partial charge in [-0.05, 0) is 32.9 Å². The molecule has 4 nitrogen and oxygen atoms in total. The van der Waals surface area contributed by atoms with Gasteiger partial charge in [0.15, 0.2) is 0 Å². The number of rotatable bonds is 5. The highest BCUT2D eigenvalue weighted by Gasteiger charge is 2.14. The Morgan fingerprint density at radius 3 is 2.60 bits per heavy atom. The summed E-state index contributed by atoms with van der Waals surface area (Å²) in [5.74, 6) is -0.0215. The van der Waals surface area contributed by atoms with Gasteiger partial charge in [-0.15, -0.1) is 11.3 Å². The summed E-state index contributed by atoms with van der Waals surface area (Å²) >= 11 is 1.63. The quantitative estimate of drug-likeness (QED) is 0.889. The number of nitrogens with one attached hydrogen (secondary N) is 2. The van der Waals surface area contributed by atoms with Gasteiger partial charge in [0.2, 0.25) is 5.91 Å². The molecule has 0 aliphatic carbocycles. The number of para-hydroxylation sites is 1. The summed E-state index contributed by atoms with van der Waals surface area (Å²) in [4.78, 5) is 17.4. The predicted octanol–water partition coefficient (Wildman–Crippen LogP) is 3.05. The summed E-state index contributed by atoms with van der Waals surface area (Å²) in [6.07, 6.45) is 0. The Morgan fingerprint density at radius 1 is 1.30 bits per heavy atom. The first-order chi connectivity index (χ1) is 9.56. The van der Waals surface area contributed by atoms with Crippen LogP contribution in [0.25, 0.3) is 0 Å². The standard InChI is InChI=1S/C15H19N3OS/c1-10-15(20-12(3)17-10)11(2)18-14(19)9-16-13-7-5-4-6-8-13/h4-8,11,16H,9H2,1-3H3,(H,18,19). The Labute approximate surface area is 123 Å². The molecule has 0 aliphatic rings. The summed E-state index contributed by atoms with van der Waals surface area (Å²) in [6.45, 7) is 6.21. The summed E-state index contributed by atoms with van der Waals surface area (Å²) in [5.41, 5.74) is 1.94. The number of thiazole rings is 1. The molecule has 1 amide bonds. The number of aryl methyl sites for hydroxylation is 2. The molecule has 1 unspecified atom stereocenters. The molecular weight excluding hydrogens is 270 g/mol. The molecular formula is C15H19N3OS. The maximum absolute atomic E-state index is 11.9. The smallest absolute Gasteiger partial charge is 0.239 e.